The third-order valence-electron chi connectivity index (χ3n) is 2.62. The number of thioether (sulfide) groups is 1. The summed E-state index contributed by atoms with van der Waals surface area (Å²) in [5.74, 6) is 0.205. The maximum Gasteiger partial charge on any atom is 0.253 e. The van der Waals surface area contributed by atoms with Crippen molar-refractivity contribution in [1.82, 2.24) is 15.3 Å². The van der Waals surface area contributed by atoms with Gasteiger partial charge >= 0.3 is 0 Å². The van der Waals surface area contributed by atoms with Gasteiger partial charge in [-0.15, -0.1) is 11.3 Å². The topological polar surface area (TPSA) is 95.1 Å². The molecule has 2 heterocycles. The van der Waals surface area contributed by atoms with Crippen LogP contribution in [0.2, 0.25) is 0 Å². The van der Waals surface area contributed by atoms with E-state index in [0.717, 1.165) is 18.9 Å². The Hall–Kier alpha value is -1.54. The summed E-state index contributed by atoms with van der Waals surface area (Å²) < 4.78 is 1.18. The molecule has 0 aromatic carbocycles. The lowest BCUT2D eigenvalue weighted by Crippen LogP contribution is -2.26. The van der Waals surface area contributed by atoms with Crippen LogP contribution in [-0.4, -0.2) is 32.8 Å². The molecule has 2 aromatic rings. The molecule has 0 aliphatic heterocycles. The molecule has 1 aliphatic carbocycles. The highest BCUT2D eigenvalue weighted by Gasteiger charge is 2.23. The zero-order valence-corrected chi connectivity index (χ0v) is 11.4. The van der Waals surface area contributed by atoms with Crippen molar-refractivity contribution in [2.45, 2.75) is 23.2 Å². The van der Waals surface area contributed by atoms with Crippen LogP contribution in [-0.2, 0) is 4.79 Å². The number of aromatic hydroxyl groups is 1. The Kier molecular flexibility index (Phi) is 3.19. The van der Waals surface area contributed by atoms with Crippen LogP contribution in [0.25, 0.3) is 10.3 Å². The molecule has 100 valence electrons. The monoisotopic (exact) mass is 297 g/mol. The second-order valence-electron chi connectivity index (χ2n) is 4.31. The standard InChI is InChI=1S/C11H11N3O3S2/c15-6-3-7(16)13-10-9(6)19-11(14-10)18-4-8(17)12-5-1-2-5/h3,5H,1-2,4H2,(H,12,17)(H2,13,15,16). The van der Waals surface area contributed by atoms with E-state index < -0.39 is 5.56 Å². The molecule has 19 heavy (non-hydrogen) atoms. The van der Waals surface area contributed by atoms with Gasteiger partial charge in [-0.2, -0.15) is 0 Å². The van der Waals surface area contributed by atoms with Gasteiger partial charge in [-0.25, -0.2) is 4.98 Å². The first-order valence-electron chi connectivity index (χ1n) is 5.77. The number of thiazole rings is 1. The number of nitrogens with one attached hydrogen (secondary N) is 2. The van der Waals surface area contributed by atoms with Gasteiger partial charge in [0.05, 0.1) is 5.75 Å². The molecule has 1 aliphatic rings. The van der Waals surface area contributed by atoms with E-state index in [-0.39, 0.29) is 11.7 Å². The summed E-state index contributed by atoms with van der Waals surface area (Å²) in [6.45, 7) is 0. The Morgan fingerprint density at radius 2 is 2.42 bits per heavy atom. The highest BCUT2D eigenvalue weighted by molar-refractivity contribution is 8.01. The second-order valence-corrected chi connectivity index (χ2v) is 6.53. The Morgan fingerprint density at radius 3 is 3.16 bits per heavy atom. The number of rotatable bonds is 4. The fourth-order valence-electron chi connectivity index (χ4n) is 1.59. The molecule has 2 aromatic heterocycles. The van der Waals surface area contributed by atoms with Crippen molar-refractivity contribution in [2.24, 2.45) is 0 Å². The highest BCUT2D eigenvalue weighted by Crippen LogP contribution is 2.32. The quantitative estimate of drug-likeness (QED) is 0.734. The summed E-state index contributed by atoms with van der Waals surface area (Å²) >= 11 is 2.56. The minimum Gasteiger partial charge on any atom is -0.506 e. The fourth-order valence-corrected chi connectivity index (χ4v) is 3.41. The van der Waals surface area contributed by atoms with Crippen molar-refractivity contribution in [3.05, 3.63) is 16.4 Å². The van der Waals surface area contributed by atoms with E-state index in [1.54, 1.807) is 0 Å². The molecule has 6 nitrogen and oxygen atoms in total. The molecule has 0 atom stereocenters. The zero-order chi connectivity index (χ0) is 13.4. The third-order valence-corrected chi connectivity index (χ3v) is 4.84. The minimum absolute atomic E-state index is 0.00975. The van der Waals surface area contributed by atoms with Gasteiger partial charge in [0, 0.05) is 12.1 Å². The first-order valence-corrected chi connectivity index (χ1v) is 7.57. The smallest absolute Gasteiger partial charge is 0.253 e. The number of nitrogens with zero attached hydrogens (tertiary/aromatic N) is 1. The van der Waals surface area contributed by atoms with E-state index in [2.05, 4.69) is 15.3 Å². The first-order chi connectivity index (χ1) is 9.11. The predicted molar refractivity (Wildman–Crippen MR) is 73.8 cm³/mol. The molecule has 0 spiro atoms. The van der Waals surface area contributed by atoms with Crippen LogP contribution < -0.4 is 10.9 Å². The molecule has 8 heteroatoms. The van der Waals surface area contributed by atoms with Gasteiger partial charge in [0.15, 0.2) is 9.99 Å². The van der Waals surface area contributed by atoms with Gasteiger partial charge in [-0.05, 0) is 12.8 Å². The minimum atomic E-state index is -0.390. The summed E-state index contributed by atoms with van der Waals surface area (Å²) in [7, 11) is 0. The van der Waals surface area contributed by atoms with Crippen molar-refractivity contribution in [2.75, 3.05) is 5.75 Å². The van der Waals surface area contributed by atoms with Crippen molar-refractivity contribution in [3.8, 4) is 5.75 Å². The molecular weight excluding hydrogens is 286 g/mol. The average molecular weight is 297 g/mol. The molecule has 0 radical (unpaired) electrons. The third kappa shape index (κ3) is 2.90. The summed E-state index contributed by atoms with van der Waals surface area (Å²) in [5, 5.41) is 12.5. The van der Waals surface area contributed by atoms with Crippen LogP contribution in [0.3, 0.4) is 0 Å². The van der Waals surface area contributed by atoms with E-state index in [1.807, 2.05) is 0 Å². The predicted octanol–water partition coefficient (Wildman–Crippen LogP) is 1.06. The molecule has 3 N–H and O–H groups in total. The van der Waals surface area contributed by atoms with Crippen molar-refractivity contribution in [1.29, 1.82) is 0 Å². The maximum absolute atomic E-state index is 11.5. The van der Waals surface area contributed by atoms with Gasteiger partial charge in [0.1, 0.15) is 10.4 Å². The van der Waals surface area contributed by atoms with Crippen LogP contribution in [0.5, 0.6) is 5.75 Å². The number of aromatic amines is 1. The van der Waals surface area contributed by atoms with E-state index in [4.69, 9.17) is 0 Å². The van der Waals surface area contributed by atoms with Gasteiger partial charge in [0.25, 0.3) is 5.56 Å². The molecule has 0 unspecified atom stereocenters. The first kappa shape index (κ1) is 12.5. The van der Waals surface area contributed by atoms with E-state index in [0.29, 0.717) is 26.5 Å². The number of carbonyl (C=O) groups is 1. The van der Waals surface area contributed by atoms with Crippen molar-refractivity contribution < 1.29 is 9.90 Å². The summed E-state index contributed by atoms with van der Waals surface area (Å²) in [4.78, 5) is 29.5. The van der Waals surface area contributed by atoms with Crippen LogP contribution in [0.4, 0.5) is 0 Å². The van der Waals surface area contributed by atoms with E-state index >= 15 is 0 Å². The van der Waals surface area contributed by atoms with Gasteiger partial charge < -0.3 is 15.4 Å². The Labute approximate surface area is 116 Å². The molecular formula is C11H11N3O3S2. The van der Waals surface area contributed by atoms with Crippen LogP contribution in [0.1, 0.15) is 12.8 Å². The SMILES string of the molecule is O=C(CSc1nc2[nH]c(=O)cc(O)c2s1)NC1CC1. The molecule has 0 bridgehead atoms. The molecule has 1 saturated carbocycles. The van der Waals surface area contributed by atoms with E-state index in [9.17, 15) is 14.7 Å². The second kappa shape index (κ2) is 4.86. The highest BCUT2D eigenvalue weighted by atomic mass is 32.2. The normalized spacial score (nSPS) is 14.7. The Balaban J connectivity index is 1.72. The van der Waals surface area contributed by atoms with Crippen LogP contribution in [0.15, 0.2) is 15.2 Å². The molecule has 3 rings (SSSR count). The largest absolute Gasteiger partial charge is 0.506 e. The lowest BCUT2D eigenvalue weighted by atomic mass is 10.4. The van der Waals surface area contributed by atoms with Gasteiger partial charge in [-0.1, -0.05) is 11.8 Å². The fraction of sp³-hybridized carbons (Fsp3) is 0.364. The summed E-state index contributed by atoms with van der Waals surface area (Å²) in [6, 6.07) is 1.47. The number of hydrogen-bond acceptors (Lipinski definition) is 6. The number of aromatic nitrogens is 2. The van der Waals surface area contributed by atoms with Crippen LogP contribution in [0, 0.1) is 0 Å². The maximum atomic E-state index is 11.5. The number of fused-ring (bicyclic) bond motifs is 1. The number of pyridine rings is 1. The Bertz CT molecular complexity index is 690. The number of H-pyrrole nitrogens is 1. The van der Waals surface area contributed by atoms with Gasteiger partial charge in [-0.3, -0.25) is 9.59 Å². The summed E-state index contributed by atoms with van der Waals surface area (Å²) in [5.41, 5.74) is -0.0292. The Morgan fingerprint density at radius 1 is 1.63 bits per heavy atom. The molecule has 0 saturated heterocycles. The lowest BCUT2D eigenvalue weighted by Gasteiger charge is -2.00. The molecule has 1 amide bonds. The lowest BCUT2D eigenvalue weighted by molar-refractivity contribution is -0.118. The van der Waals surface area contributed by atoms with Crippen molar-refractivity contribution >= 4 is 39.4 Å². The number of amides is 1. The number of hydrogen-bond donors (Lipinski definition) is 3. The van der Waals surface area contributed by atoms with E-state index in [1.165, 1.54) is 23.1 Å². The average Bonchev–Trinajstić information content (AvgIpc) is 3.04. The van der Waals surface area contributed by atoms with Gasteiger partial charge in [0.2, 0.25) is 5.91 Å². The number of carbonyl (C=O) groups excluding carboxylic acids is 1. The summed E-state index contributed by atoms with van der Waals surface area (Å²) in [6.07, 6.45) is 2.12. The molecule has 1 fully saturated rings. The van der Waals surface area contributed by atoms with Crippen molar-refractivity contribution in [3.63, 3.8) is 0 Å². The zero-order valence-electron chi connectivity index (χ0n) is 9.80. The van der Waals surface area contributed by atoms with Crippen LogP contribution >= 0.6 is 23.1 Å².